The van der Waals surface area contributed by atoms with Gasteiger partial charge in [-0.2, -0.15) is 0 Å². The minimum atomic E-state index is -0.686. The number of pyridine rings is 1. The molecule has 0 aliphatic rings. The van der Waals surface area contributed by atoms with Gasteiger partial charge in [0.2, 0.25) is 0 Å². The van der Waals surface area contributed by atoms with E-state index in [1.165, 1.54) is 6.07 Å². The molecule has 0 saturated carbocycles. The zero-order valence-corrected chi connectivity index (χ0v) is 12.8. The van der Waals surface area contributed by atoms with E-state index in [-0.39, 0.29) is 5.76 Å². The molecular formula is C18H11N3O4. The van der Waals surface area contributed by atoms with Gasteiger partial charge >= 0.3 is 5.88 Å². The van der Waals surface area contributed by atoms with E-state index in [1.807, 2.05) is 48.5 Å². The molecule has 1 amide bonds. The fraction of sp³-hybridized carbons (Fsp3) is 0. The zero-order chi connectivity index (χ0) is 17.4. The van der Waals surface area contributed by atoms with E-state index in [9.17, 15) is 14.9 Å². The molecule has 0 fully saturated rings. The van der Waals surface area contributed by atoms with Crippen LogP contribution >= 0.6 is 0 Å². The number of benzene rings is 2. The fourth-order valence-electron chi connectivity index (χ4n) is 2.70. The second kappa shape index (κ2) is 5.72. The lowest BCUT2D eigenvalue weighted by Gasteiger charge is -2.11. The van der Waals surface area contributed by atoms with Crippen LogP contribution in [0.25, 0.3) is 21.8 Å². The maximum Gasteiger partial charge on any atom is 0.433 e. The molecule has 0 aliphatic carbocycles. The maximum absolute atomic E-state index is 12.5. The molecule has 122 valence electrons. The number of nitrogens with one attached hydrogen (secondary N) is 1. The normalized spacial score (nSPS) is 10.9. The molecule has 7 heteroatoms. The molecule has 7 nitrogen and oxygen atoms in total. The molecule has 2 aromatic carbocycles. The second-order valence-corrected chi connectivity index (χ2v) is 5.37. The van der Waals surface area contributed by atoms with Crippen LogP contribution in [0.15, 0.2) is 65.1 Å². The zero-order valence-electron chi connectivity index (χ0n) is 12.8. The first-order valence-corrected chi connectivity index (χ1v) is 7.46. The van der Waals surface area contributed by atoms with Crippen molar-refractivity contribution in [3.63, 3.8) is 0 Å². The number of amides is 1. The summed E-state index contributed by atoms with van der Waals surface area (Å²) in [5.41, 5.74) is 2.06. The average molecular weight is 333 g/mol. The van der Waals surface area contributed by atoms with Crippen molar-refractivity contribution in [2.75, 3.05) is 5.32 Å². The van der Waals surface area contributed by atoms with Crippen LogP contribution < -0.4 is 5.32 Å². The van der Waals surface area contributed by atoms with Crippen molar-refractivity contribution < 1.29 is 14.1 Å². The number of fused-ring (bicyclic) bond motifs is 2. The number of furan rings is 1. The topological polar surface area (TPSA) is 98.3 Å². The van der Waals surface area contributed by atoms with Crippen LogP contribution in [0.2, 0.25) is 0 Å². The van der Waals surface area contributed by atoms with E-state index >= 15 is 0 Å². The van der Waals surface area contributed by atoms with Gasteiger partial charge in [-0.3, -0.25) is 14.9 Å². The summed E-state index contributed by atoms with van der Waals surface area (Å²) in [6, 6.07) is 17.3. The van der Waals surface area contributed by atoms with E-state index in [4.69, 9.17) is 4.42 Å². The first-order chi connectivity index (χ1) is 12.1. The summed E-state index contributed by atoms with van der Waals surface area (Å²) in [6.45, 7) is 0. The minimum absolute atomic E-state index is 0.128. The fourth-order valence-corrected chi connectivity index (χ4v) is 2.70. The van der Waals surface area contributed by atoms with Crippen LogP contribution in [0.4, 0.5) is 11.6 Å². The lowest BCUT2D eigenvalue weighted by Crippen LogP contribution is -2.12. The average Bonchev–Trinajstić information content (AvgIpc) is 3.12. The Morgan fingerprint density at radius 2 is 1.56 bits per heavy atom. The predicted octanol–water partition coefficient (Wildman–Crippen LogP) is 4.14. The number of carbonyl (C=O) groups is 1. The lowest BCUT2D eigenvalue weighted by molar-refractivity contribution is -0.402. The van der Waals surface area contributed by atoms with Gasteiger partial charge in [-0.25, -0.2) is 4.98 Å². The third-order valence-electron chi connectivity index (χ3n) is 3.82. The second-order valence-electron chi connectivity index (χ2n) is 5.37. The van der Waals surface area contributed by atoms with Crippen molar-refractivity contribution in [3.05, 3.63) is 76.5 Å². The van der Waals surface area contributed by atoms with Crippen molar-refractivity contribution in [2.24, 2.45) is 0 Å². The molecule has 2 aromatic heterocycles. The van der Waals surface area contributed by atoms with Gasteiger partial charge in [0.05, 0.1) is 22.8 Å². The van der Waals surface area contributed by atoms with Crippen molar-refractivity contribution in [1.82, 2.24) is 4.98 Å². The third-order valence-corrected chi connectivity index (χ3v) is 3.82. The Morgan fingerprint density at radius 1 is 0.960 bits per heavy atom. The molecule has 0 unspecified atom stereocenters. The molecule has 1 N–H and O–H groups in total. The molecule has 4 aromatic rings. The molecule has 0 bridgehead atoms. The number of nitro groups is 1. The highest BCUT2D eigenvalue weighted by Crippen LogP contribution is 2.31. The van der Waals surface area contributed by atoms with Gasteiger partial charge in [-0.15, -0.1) is 0 Å². The number of para-hydroxylation sites is 2. The van der Waals surface area contributed by atoms with Crippen molar-refractivity contribution in [2.45, 2.75) is 0 Å². The highest BCUT2D eigenvalue weighted by atomic mass is 16.6. The first-order valence-electron chi connectivity index (χ1n) is 7.46. The minimum Gasteiger partial charge on any atom is -0.395 e. The SMILES string of the molecule is O=C(Nc1c2ccccc2nc2ccccc12)c1ccc([N+](=O)[O-])o1. The molecule has 0 spiro atoms. The molecule has 0 saturated heterocycles. The van der Waals surface area contributed by atoms with Gasteiger partial charge in [0.15, 0.2) is 5.76 Å². The number of anilines is 1. The molecule has 4 rings (SSSR count). The Balaban J connectivity index is 1.83. The monoisotopic (exact) mass is 333 g/mol. The highest BCUT2D eigenvalue weighted by Gasteiger charge is 2.19. The molecule has 0 atom stereocenters. The molecule has 0 radical (unpaired) electrons. The van der Waals surface area contributed by atoms with Gasteiger partial charge in [0.1, 0.15) is 4.92 Å². The molecular weight excluding hydrogens is 322 g/mol. The summed E-state index contributed by atoms with van der Waals surface area (Å²) >= 11 is 0. The predicted molar refractivity (Wildman–Crippen MR) is 92.6 cm³/mol. The molecule has 0 aliphatic heterocycles. The van der Waals surface area contributed by atoms with E-state index in [0.717, 1.165) is 27.9 Å². The smallest absolute Gasteiger partial charge is 0.395 e. The number of hydrogen-bond donors (Lipinski definition) is 1. The standard InChI is InChI=1S/C18H11N3O4/c22-18(15-9-10-16(25-15)21(23)24)20-17-11-5-1-3-7-13(11)19-14-8-4-2-6-12(14)17/h1-10H,(H,19,20,22). The first kappa shape index (κ1) is 14.8. The van der Waals surface area contributed by atoms with Crippen molar-refractivity contribution >= 4 is 39.3 Å². The number of hydrogen-bond acceptors (Lipinski definition) is 5. The third kappa shape index (κ3) is 2.57. The number of carbonyl (C=O) groups excluding carboxylic acids is 1. The van der Waals surface area contributed by atoms with Crippen LogP contribution in [-0.4, -0.2) is 15.8 Å². The van der Waals surface area contributed by atoms with Crippen molar-refractivity contribution in [3.8, 4) is 0 Å². The van der Waals surface area contributed by atoms with E-state index in [1.54, 1.807) is 0 Å². The Labute approximate surface area is 141 Å². The summed E-state index contributed by atoms with van der Waals surface area (Å²) in [5.74, 6) is -1.17. The van der Waals surface area contributed by atoms with E-state index in [2.05, 4.69) is 10.3 Å². The van der Waals surface area contributed by atoms with E-state index < -0.39 is 16.7 Å². The maximum atomic E-state index is 12.5. The Morgan fingerprint density at radius 3 is 2.12 bits per heavy atom. The van der Waals surface area contributed by atoms with E-state index in [0.29, 0.717) is 5.69 Å². The van der Waals surface area contributed by atoms with Crippen LogP contribution in [0.3, 0.4) is 0 Å². The van der Waals surface area contributed by atoms with Crippen LogP contribution in [-0.2, 0) is 0 Å². The highest BCUT2D eigenvalue weighted by molar-refractivity contribution is 6.15. The van der Waals surface area contributed by atoms with Gasteiger partial charge in [-0.1, -0.05) is 36.4 Å². The summed E-state index contributed by atoms with van der Waals surface area (Å²) in [5, 5.41) is 15.1. The van der Waals surface area contributed by atoms with Crippen molar-refractivity contribution in [1.29, 1.82) is 0 Å². The Kier molecular flexibility index (Phi) is 3.39. The molecule has 25 heavy (non-hydrogen) atoms. The van der Waals surface area contributed by atoms with Gasteiger partial charge < -0.3 is 9.73 Å². The van der Waals surface area contributed by atoms with Gasteiger partial charge in [0.25, 0.3) is 5.91 Å². The quantitative estimate of drug-likeness (QED) is 0.345. The summed E-state index contributed by atoms with van der Waals surface area (Å²) < 4.78 is 4.98. The summed E-state index contributed by atoms with van der Waals surface area (Å²) in [6.07, 6.45) is 0. The van der Waals surface area contributed by atoms with Gasteiger partial charge in [-0.05, 0) is 18.2 Å². The Bertz CT molecular complexity index is 1080. The van der Waals surface area contributed by atoms with Crippen LogP contribution in [0.1, 0.15) is 10.6 Å². The summed E-state index contributed by atoms with van der Waals surface area (Å²) in [4.78, 5) is 27.1. The summed E-state index contributed by atoms with van der Waals surface area (Å²) in [7, 11) is 0. The number of rotatable bonds is 3. The molecule has 2 heterocycles. The number of aromatic nitrogens is 1. The van der Waals surface area contributed by atoms with Crippen LogP contribution in [0, 0.1) is 10.1 Å². The largest absolute Gasteiger partial charge is 0.433 e. The Hall–Kier alpha value is -3.74. The number of nitrogens with zero attached hydrogens (tertiary/aromatic N) is 2. The van der Waals surface area contributed by atoms with Gasteiger partial charge in [0, 0.05) is 10.8 Å². The lowest BCUT2D eigenvalue weighted by atomic mass is 10.1. The van der Waals surface area contributed by atoms with Crippen LogP contribution in [0.5, 0.6) is 0 Å².